The number of aliphatic imine (C=N–C) groups is 1. The van der Waals surface area contributed by atoms with E-state index in [-0.39, 0.29) is 35.0 Å². The van der Waals surface area contributed by atoms with Gasteiger partial charge >= 0.3 is 0 Å². The third kappa shape index (κ3) is 3.74. The summed E-state index contributed by atoms with van der Waals surface area (Å²) < 4.78 is 27.0. The van der Waals surface area contributed by atoms with Gasteiger partial charge in [-0.05, 0) is 53.9 Å². The van der Waals surface area contributed by atoms with E-state index in [1.807, 2.05) is 0 Å². The van der Waals surface area contributed by atoms with Gasteiger partial charge in [0.1, 0.15) is 17.3 Å². The fraction of sp³-hybridized carbons (Fsp3) is 0.350. The van der Waals surface area contributed by atoms with Crippen LogP contribution in [0.3, 0.4) is 0 Å². The number of carbonyl (C=O) groups is 1. The number of hydrogen-bond acceptors (Lipinski definition) is 6. The topological polar surface area (TPSA) is 118 Å². The summed E-state index contributed by atoms with van der Waals surface area (Å²) in [6.45, 7) is 5.08. The Labute approximate surface area is 168 Å². The number of carbonyl (C=O) groups excluding carboxylic acids is 1. The average molecular weight is 418 g/mol. The first-order valence-corrected chi connectivity index (χ1v) is 10.8. The van der Waals surface area contributed by atoms with Crippen LogP contribution in [0.25, 0.3) is 0 Å². The summed E-state index contributed by atoms with van der Waals surface area (Å²) in [5.74, 6) is 3.18. The van der Waals surface area contributed by atoms with Gasteiger partial charge in [0.2, 0.25) is 0 Å². The zero-order valence-corrected chi connectivity index (χ0v) is 17.3. The van der Waals surface area contributed by atoms with Crippen LogP contribution < -0.4 is 11.3 Å². The van der Waals surface area contributed by atoms with E-state index in [0.717, 1.165) is 6.20 Å². The number of halogens is 1. The maximum atomic E-state index is 14.7. The Morgan fingerprint density at radius 3 is 2.66 bits per heavy atom. The molecular formula is C20H23FN4O3S. The van der Waals surface area contributed by atoms with Crippen molar-refractivity contribution < 1.29 is 13.4 Å². The van der Waals surface area contributed by atoms with Crippen molar-refractivity contribution in [3.05, 3.63) is 63.6 Å². The zero-order chi connectivity index (χ0) is 21.6. The number of H-pyrrole nitrogens is 1. The summed E-state index contributed by atoms with van der Waals surface area (Å²) >= 11 is 0. The van der Waals surface area contributed by atoms with Crippen LogP contribution in [-0.2, 0) is 21.5 Å². The van der Waals surface area contributed by atoms with E-state index in [2.05, 4.69) is 20.8 Å². The lowest BCUT2D eigenvalue weighted by Gasteiger charge is -2.41. The van der Waals surface area contributed by atoms with E-state index in [4.69, 9.17) is 5.73 Å². The summed E-state index contributed by atoms with van der Waals surface area (Å²) in [5, 5.41) is 0. The Balaban J connectivity index is 1.99. The van der Waals surface area contributed by atoms with Crippen LogP contribution in [-0.4, -0.2) is 42.2 Å². The van der Waals surface area contributed by atoms with Crippen molar-refractivity contribution in [1.29, 1.82) is 0 Å². The van der Waals surface area contributed by atoms with Gasteiger partial charge in [-0.1, -0.05) is 6.07 Å². The Hall–Kier alpha value is -2.81. The van der Waals surface area contributed by atoms with E-state index in [1.54, 1.807) is 20.8 Å². The monoisotopic (exact) mass is 418 g/mol. The number of nitrogens with two attached hydrogens (primary N) is 1. The van der Waals surface area contributed by atoms with Crippen molar-refractivity contribution in [3.63, 3.8) is 0 Å². The number of amidine groups is 1. The Kier molecular flexibility index (Phi) is 4.98. The molecule has 0 spiro atoms. The molecule has 0 fully saturated rings. The fourth-order valence-electron chi connectivity index (χ4n) is 3.26. The lowest BCUT2D eigenvalue weighted by Crippen LogP contribution is -2.54. The van der Waals surface area contributed by atoms with Gasteiger partial charge in [0.25, 0.3) is 5.56 Å². The number of nitrogens with zero attached hydrogens (tertiary/aromatic N) is 2. The van der Waals surface area contributed by atoms with E-state index in [0.29, 0.717) is 5.56 Å². The summed E-state index contributed by atoms with van der Waals surface area (Å²) in [7, 11) is -2.70. The quantitative estimate of drug-likeness (QED) is 0.575. The van der Waals surface area contributed by atoms with Crippen molar-refractivity contribution in [2.75, 3.05) is 5.75 Å². The number of aromatic amines is 1. The van der Waals surface area contributed by atoms with Crippen molar-refractivity contribution in [2.24, 2.45) is 10.7 Å². The van der Waals surface area contributed by atoms with Gasteiger partial charge in [-0.15, -0.1) is 0 Å². The van der Waals surface area contributed by atoms with Crippen molar-refractivity contribution in [1.82, 2.24) is 9.97 Å². The molecule has 3 rings (SSSR count). The molecule has 2 heterocycles. The first-order chi connectivity index (χ1) is 13.4. The van der Waals surface area contributed by atoms with E-state index in [9.17, 15) is 18.2 Å². The van der Waals surface area contributed by atoms with Gasteiger partial charge in [0.05, 0.1) is 16.5 Å². The average Bonchev–Trinajstić information content (AvgIpc) is 2.62. The first kappa shape index (κ1) is 20.9. The lowest BCUT2D eigenvalue weighted by atomic mass is 9.90. The first-order valence-electron chi connectivity index (χ1n) is 8.93. The number of Topliss-reactive ketones (excluding diaryl/α,β-unsaturated/α-hetero) is 1. The van der Waals surface area contributed by atoms with Crippen LogP contribution in [0, 0.1) is 5.82 Å². The summed E-state index contributed by atoms with van der Waals surface area (Å²) in [4.78, 5) is 34.2. The molecule has 29 heavy (non-hydrogen) atoms. The third-order valence-electron chi connectivity index (χ3n) is 5.36. The number of hydrogen-bond donors (Lipinski definition) is 2. The number of ketones is 1. The number of aromatic nitrogens is 2. The third-order valence-corrected chi connectivity index (χ3v) is 8.46. The molecule has 1 unspecified atom stereocenters. The number of benzene rings is 1. The standard InChI is InChI=1S/C20H23FN4O3S/c1-19(2)18(22)25-20(3,11-29(19,4)28)13-7-12(5-6-14(13)21)8-16(26)15-9-24-17(27)10-23-15/h5-7,9-10H,4,8,11H2,1-3H3,(H2,22,25)(H,24,27)/t20-,29?/m0/s1. The SMILES string of the molecule is C=S1(=O)C[C@@](C)(c2cc(CC(=O)c3c[nH]c(=O)cn3)ccc2F)N=C(N)C1(C)C. The van der Waals surface area contributed by atoms with Crippen molar-refractivity contribution in [2.45, 2.75) is 37.5 Å². The van der Waals surface area contributed by atoms with Gasteiger partial charge in [0, 0.05) is 23.9 Å². The van der Waals surface area contributed by atoms with E-state index < -0.39 is 31.2 Å². The van der Waals surface area contributed by atoms with Gasteiger partial charge in [0.15, 0.2) is 5.78 Å². The van der Waals surface area contributed by atoms with Gasteiger partial charge in [-0.3, -0.25) is 18.8 Å². The molecule has 0 radical (unpaired) electrons. The zero-order valence-electron chi connectivity index (χ0n) is 16.5. The van der Waals surface area contributed by atoms with Gasteiger partial charge in [-0.2, -0.15) is 0 Å². The molecule has 3 N–H and O–H groups in total. The minimum Gasteiger partial charge on any atom is -0.386 e. The van der Waals surface area contributed by atoms with Crippen LogP contribution in [0.1, 0.15) is 42.4 Å². The molecular weight excluding hydrogens is 395 g/mol. The molecule has 154 valence electrons. The summed E-state index contributed by atoms with van der Waals surface area (Å²) in [5.41, 5.74) is 5.33. The van der Waals surface area contributed by atoms with Crippen LogP contribution in [0.5, 0.6) is 0 Å². The predicted octanol–water partition coefficient (Wildman–Crippen LogP) is 1.42. The second-order valence-electron chi connectivity index (χ2n) is 7.95. The normalized spacial score (nSPS) is 26.0. The molecule has 1 aromatic carbocycles. The molecule has 2 aromatic rings. The minimum atomic E-state index is -2.70. The maximum absolute atomic E-state index is 14.7. The highest BCUT2D eigenvalue weighted by atomic mass is 32.2. The van der Waals surface area contributed by atoms with Crippen LogP contribution in [0.15, 0.2) is 40.4 Å². The van der Waals surface area contributed by atoms with Crippen LogP contribution in [0.4, 0.5) is 4.39 Å². The molecule has 7 nitrogen and oxygen atoms in total. The molecule has 0 bridgehead atoms. The Morgan fingerprint density at radius 1 is 1.38 bits per heavy atom. The molecule has 0 amide bonds. The van der Waals surface area contributed by atoms with Gasteiger partial charge in [-0.25, -0.2) is 9.37 Å². The summed E-state index contributed by atoms with van der Waals surface area (Å²) in [6.07, 6.45) is 2.21. The number of rotatable bonds is 4. The van der Waals surface area contributed by atoms with Crippen LogP contribution in [0.2, 0.25) is 0 Å². The highest BCUT2D eigenvalue weighted by Gasteiger charge is 2.45. The van der Waals surface area contributed by atoms with Crippen molar-refractivity contribution in [3.8, 4) is 0 Å². The van der Waals surface area contributed by atoms with Gasteiger partial charge < -0.3 is 10.7 Å². The summed E-state index contributed by atoms with van der Waals surface area (Å²) in [6, 6.07) is 4.27. The fourth-order valence-corrected chi connectivity index (χ4v) is 5.18. The second kappa shape index (κ2) is 6.91. The Bertz CT molecular complexity index is 1160. The Morgan fingerprint density at radius 2 is 2.07 bits per heavy atom. The molecule has 0 saturated carbocycles. The maximum Gasteiger partial charge on any atom is 0.266 e. The molecule has 1 aliphatic rings. The highest BCUT2D eigenvalue weighted by Crippen LogP contribution is 2.38. The molecule has 1 aliphatic heterocycles. The predicted molar refractivity (Wildman–Crippen MR) is 112 cm³/mol. The number of nitrogens with one attached hydrogen (secondary N) is 1. The smallest absolute Gasteiger partial charge is 0.266 e. The van der Waals surface area contributed by atoms with E-state index in [1.165, 1.54) is 24.4 Å². The minimum absolute atomic E-state index is 0.0312. The van der Waals surface area contributed by atoms with E-state index >= 15 is 0 Å². The second-order valence-corrected chi connectivity index (χ2v) is 10.9. The molecule has 9 heteroatoms. The lowest BCUT2D eigenvalue weighted by molar-refractivity contribution is 0.0987. The molecule has 0 saturated heterocycles. The highest BCUT2D eigenvalue weighted by molar-refractivity contribution is 8.02. The molecule has 1 aromatic heterocycles. The molecule has 2 atom stereocenters. The van der Waals surface area contributed by atoms with Crippen LogP contribution >= 0.6 is 0 Å². The molecule has 0 aliphatic carbocycles. The van der Waals surface area contributed by atoms with Crippen molar-refractivity contribution >= 4 is 27.0 Å². The largest absolute Gasteiger partial charge is 0.386 e.